The van der Waals surface area contributed by atoms with E-state index in [2.05, 4.69) is 0 Å². The maximum Gasteiger partial charge on any atom is 0.307 e. The molecule has 0 aliphatic heterocycles. The second-order valence-corrected chi connectivity index (χ2v) is 7.79. The standard InChI is InChI=1S/C15H18N2O5S2/c1-4-22-12-5-7-13(8-6-12)24(20,21)16(3)14(18)9-17-11(2)10-23-15(17)19/h5-8,10H,4,9H2,1-3H3. The zero-order valence-corrected chi connectivity index (χ0v) is 15.2. The molecule has 0 bridgehead atoms. The molecule has 0 radical (unpaired) electrons. The van der Waals surface area contributed by atoms with Crippen molar-refractivity contribution in [2.75, 3.05) is 13.7 Å². The Kier molecular flexibility index (Phi) is 5.45. The van der Waals surface area contributed by atoms with Crippen LogP contribution in [-0.4, -0.2) is 36.9 Å². The van der Waals surface area contributed by atoms with E-state index in [4.69, 9.17) is 4.74 Å². The zero-order chi connectivity index (χ0) is 17.9. The van der Waals surface area contributed by atoms with Crippen LogP contribution in [0.15, 0.2) is 39.3 Å². The van der Waals surface area contributed by atoms with E-state index in [1.54, 1.807) is 12.3 Å². The van der Waals surface area contributed by atoms with E-state index in [0.29, 0.717) is 22.4 Å². The van der Waals surface area contributed by atoms with E-state index >= 15 is 0 Å². The number of amides is 1. The Balaban J connectivity index is 2.21. The lowest BCUT2D eigenvalue weighted by Gasteiger charge is -2.18. The first-order valence-corrected chi connectivity index (χ1v) is 9.49. The van der Waals surface area contributed by atoms with Crippen molar-refractivity contribution < 1.29 is 17.9 Å². The normalized spacial score (nSPS) is 11.3. The molecule has 2 rings (SSSR count). The van der Waals surface area contributed by atoms with Crippen LogP contribution in [0.25, 0.3) is 0 Å². The van der Waals surface area contributed by atoms with Crippen LogP contribution < -0.4 is 9.61 Å². The van der Waals surface area contributed by atoms with Crippen LogP contribution in [0.5, 0.6) is 5.75 Å². The number of carbonyl (C=O) groups excluding carboxylic acids is 1. The van der Waals surface area contributed by atoms with Gasteiger partial charge in [-0.2, -0.15) is 0 Å². The molecule has 1 aromatic heterocycles. The molecule has 0 aliphatic carbocycles. The van der Waals surface area contributed by atoms with Gasteiger partial charge in [0.15, 0.2) is 0 Å². The molecule has 130 valence electrons. The molecule has 0 aliphatic rings. The maximum atomic E-state index is 12.5. The molecule has 9 heteroatoms. The van der Waals surface area contributed by atoms with Gasteiger partial charge in [-0.05, 0) is 38.1 Å². The van der Waals surface area contributed by atoms with E-state index in [9.17, 15) is 18.0 Å². The van der Waals surface area contributed by atoms with Crippen LogP contribution in [0, 0.1) is 6.92 Å². The number of carbonyl (C=O) groups is 1. The van der Waals surface area contributed by atoms with Gasteiger partial charge in [-0.1, -0.05) is 11.3 Å². The summed E-state index contributed by atoms with van der Waals surface area (Å²) in [5.41, 5.74) is 0.616. The van der Waals surface area contributed by atoms with Gasteiger partial charge in [-0.15, -0.1) is 0 Å². The number of hydrogen-bond donors (Lipinski definition) is 0. The second kappa shape index (κ2) is 7.18. The van der Waals surface area contributed by atoms with E-state index in [0.717, 1.165) is 11.3 Å². The van der Waals surface area contributed by atoms with Gasteiger partial charge in [-0.3, -0.25) is 14.2 Å². The predicted molar refractivity (Wildman–Crippen MR) is 90.9 cm³/mol. The molecule has 0 saturated heterocycles. The first-order chi connectivity index (χ1) is 11.3. The molecule has 1 amide bonds. The number of nitrogens with zero attached hydrogens (tertiary/aromatic N) is 2. The van der Waals surface area contributed by atoms with Crippen molar-refractivity contribution in [2.24, 2.45) is 0 Å². The summed E-state index contributed by atoms with van der Waals surface area (Å²) in [6.45, 7) is 3.66. The molecule has 1 aromatic carbocycles. The molecule has 0 unspecified atom stereocenters. The van der Waals surface area contributed by atoms with Crippen LogP contribution >= 0.6 is 11.3 Å². The Hall–Kier alpha value is -2.13. The molecule has 0 spiro atoms. The molecule has 7 nitrogen and oxygen atoms in total. The van der Waals surface area contributed by atoms with Crippen molar-refractivity contribution in [3.8, 4) is 5.75 Å². The molecule has 0 atom stereocenters. The zero-order valence-electron chi connectivity index (χ0n) is 13.6. The van der Waals surface area contributed by atoms with Crippen molar-refractivity contribution in [1.29, 1.82) is 0 Å². The Bertz CT molecular complexity index is 881. The van der Waals surface area contributed by atoms with Crippen LogP contribution in [0.3, 0.4) is 0 Å². The summed E-state index contributed by atoms with van der Waals surface area (Å²) < 4.78 is 32.2. The van der Waals surface area contributed by atoms with Crippen molar-refractivity contribution >= 4 is 27.3 Å². The van der Waals surface area contributed by atoms with Crippen LogP contribution in [0.2, 0.25) is 0 Å². The Labute approximate surface area is 144 Å². The lowest BCUT2D eigenvalue weighted by atomic mass is 10.3. The number of sulfonamides is 1. The van der Waals surface area contributed by atoms with Crippen molar-refractivity contribution in [3.63, 3.8) is 0 Å². The summed E-state index contributed by atoms with van der Waals surface area (Å²) in [4.78, 5) is 23.6. The highest BCUT2D eigenvalue weighted by molar-refractivity contribution is 7.89. The largest absolute Gasteiger partial charge is 0.494 e. The number of aromatic nitrogens is 1. The summed E-state index contributed by atoms with van der Waals surface area (Å²) in [6.07, 6.45) is 0. The summed E-state index contributed by atoms with van der Waals surface area (Å²) >= 11 is 0.968. The number of ether oxygens (including phenoxy) is 1. The van der Waals surface area contributed by atoms with E-state index in [1.165, 1.54) is 35.9 Å². The molecule has 0 saturated carbocycles. The molecule has 24 heavy (non-hydrogen) atoms. The van der Waals surface area contributed by atoms with E-state index in [1.807, 2.05) is 6.92 Å². The van der Waals surface area contributed by atoms with Gasteiger partial charge in [0.05, 0.1) is 11.5 Å². The highest BCUT2D eigenvalue weighted by Gasteiger charge is 2.26. The SMILES string of the molecule is CCOc1ccc(S(=O)(=O)N(C)C(=O)Cn2c(C)csc2=O)cc1. The Morgan fingerprint density at radius 3 is 2.42 bits per heavy atom. The molecular weight excluding hydrogens is 352 g/mol. The van der Waals surface area contributed by atoms with Crippen LogP contribution in [0.1, 0.15) is 12.6 Å². The summed E-state index contributed by atoms with van der Waals surface area (Å²) in [6, 6.07) is 5.82. The lowest BCUT2D eigenvalue weighted by Crippen LogP contribution is -2.37. The predicted octanol–water partition coefficient (Wildman–Crippen LogP) is 1.46. The van der Waals surface area contributed by atoms with Gasteiger partial charge in [0.2, 0.25) is 0 Å². The lowest BCUT2D eigenvalue weighted by molar-refractivity contribution is -0.126. The third-order valence-electron chi connectivity index (χ3n) is 3.41. The van der Waals surface area contributed by atoms with Crippen LogP contribution in [0.4, 0.5) is 0 Å². The summed E-state index contributed by atoms with van der Waals surface area (Å²) in [7, 11) is -2.80. The average molecular weight is 370 g/mol. The molecule has 2 aromatic rings. The second-order valence-electron chi connectivity index (χ2n) is 5.00. The number of rotatable bonds is 6. The fourth-order valence-electron chi connectivity index (χ4n) is 2.00. The highest BCUT2D eigenvalue weighted by atomic mass is 32.2. The van der Waals surface area contributed by atoms with E-state index in [-0.39, 0.29) is 16.3 Å². The summed E-state index contributed by atoms with van der Waals surface area (Å²) in [5.74, 6) is -0.140. The third-order valence-corrected chi connectivity index (χ3v) is 6.09. The molecular formula is C15H18N2O5S2. The van der Waals surface area contributed by atoms with Gasteiger partial charge in [-0.25, -0.2) is 12.7 Å². The van der Waals surface area contributed by atoms with Gasteiger partial charge in [0, 0.05) is 18.1 Å². The Morgan fingerprint density at radius 1 is 1.29 bits per heavy atom. The minimum absolute atomic E-state index is 0.0174. The first-order valence-electron chi connectivity index (χ1n) is 7.17. The minimum Gasteiger partial charge on any atom is -0.494 e. The van der Waals surface area contributed by atoms with Crippen molar-refractivity contribution in [1.82, 2.24) is 8.87 Å². The molecule has 1 heterocycles. The highest BCUT2D eigenvalue weighted by Crippen LogP contribution is 2.19. The van der Waals surface area contributed by atoms with Crippen molar-refractivity contribution in [2.45, 2.75) is 25.3 Å². The topological polar surface area (TPSA) is 85.7 Å². The third kappa shape index (κ3) is 3.68. The number of benzene rings is 1. The van der Waals surface area contributed by atoms with Crippen molar-refractivity contribution in [3.05, 3.63) is 45.0 Å². The fraction of sp³-hybridized carbons (Fsp3) is 0.333. The summed E-state index contributed by atoms with van der Waals surface area (Å²) in [5, 5.41) is 1.62. The van der Waals surface area contributed by atoms with Gasteiger partial charge in [0.25, 0.3) is 15.9 Å². The number of likely N-dealkylation sites (N-methyl/N-ethyl adjacent to an activating group) is 1. The maximum absolute atomic E-state index is 12.5. The number of aryl methyl sites for hydroxylation is 1. The quantitative estimate of drug-likeness (QED) is 0.768. The first kappa shape index (κ1) is 18.2. The minimum atomic E-state index is -3.98. The Morgan fingerprint density at radius 2 is 1.92 bits per heavy atom. The number of hydrogen-bond acceptors (Lipinski definition) is 6. The van der Waals surface area contributed by atoms with Gasteiger partial charge < -0.3 is 4.74 Å². The fourth-order valence-corrected chi connectivity index (χ4v) is 3.85. The van der Waals surface area contributed by atoms with E-state index < -0.39 is 15.9 Å². The van der Waals surface area contributed by atoms with Gasteiger partial charge >= 0.3 is 4.87 Å². The van der Waals surface area contributed by atoms with Gasteiger partial charge in [0.1, 0.15) is 12.3 Å². The van der Waals surface area contributed by atoms with Crippen LogP contribution in [-0.2, 0) is 21.4 Å². The molecule has 0 N–H and O–H groups in total. The monoisotopic (exact) mass is 370 g/mol. The average Bonchev–Trinajstić information content (AvgIpc) is 2.86. The smallest absolute Gasteiger partial charge is 0.307 e. The molecule has 0 fully saturated rings. The number of thiazole rings is 1.